The molecule has 4 nitrogen and oxygen atoms in total. The lowest BCUT2D eigenvalue weighted by Crippen LogP contribution is -2.35. The predicted octanol–water partition coefficient (Wildman–Crippen LogP) is 3.11. The number of H-pyrrole nitrogens is 1. The summed E-state index contributed by atoms with van der Waals surface area (Å²) < 4.78 is 38.3. The molecule has 0 radical (unpaired) electrons. The zero-order valence-corrected chi connectivity index (χ0v) is 12.3. The molecule has 1 aromatic heterocycles. The molecule has 0 saturated carbocycles. The molecule has 0 aliphatic heterocycles. The molecule has 0 spiro atoms. The van der Waals surface area contributed by atoms with E-state index in [1.165, 1.54) is 24.3 Å². The number of aryl methyl sites for hydroxylation is 1. The molecule has 0 saturated heterocycles. The predicted molar refractivity (Wildman–Crippen MR) is 79.1 cm³/mol. The molecular weight excluding hydrogens is 309 g/mol. The summed E-state index contributed by atoms with van der Waals surface area (Å²) in [7, 11) is 0. The molecule has 1 heterocycles. The number of nitrogens with one attached hydrogen (secondary N) is 2. The highest BCUT2D eigenvalue weighted by molar-refractivity contribution is 5.94. The van der Waals surface area contributed by atoms with Gasteiger partial charge in [0.1, 0.15) is 5.56 Å². The number of rotatable bonds is 4. The number of pyridine rings is 1. The van der Waals surface area contributed by atoms with Gasteiger partial charge >= 0.3 is 6.18 Å². The zero-order chi connectivity index (χ0) is 17.0. The molecule has 0 bridgehead atoms. The fourth-order valence-corrected chi connectivity index (χ4v) is 2.16. The van der Waals surface area contributed by atoms with E-state index < -0.39 is 30.1 Å². The summed E-state index contributed by atoms with van der Waals surface area (Å²) in [5.41, 5.74) is 0.0168. The Balaban J connectivity index is 2.27. The van der Waals surface area contributed by atoms with Crippen molar-refractivity contribution in [2.24, 2.45) is 0 Å². The summed E-state index contributed by atoms with van der Waals surface area (Å²) in [6.07, 6.45) is -5.67. The van der Waals surface area contributed by atoms with Crippen molar-refractivity contribution in [2.75, 3.05) is 0 Å². The van der Waals surface area contributed by atoms with E-state index >= 15 is 0 Å². The third-order valence-electron chi connectivity index (χ3n) is 3.24. The number of aromatic nitrogens is 1. The van der Waals surface area contributed by atoms with Crippen LogP contribution in [0.2, 0.25) is 0 Å². The van der Waals surface area contributed by atoms with Crippen molar-refractivity contribution in [1.29, 1.82) is 0 Å². The van der Waals surface area contributed by atoms with E-state index in [2.05, 4.69) is 10.3 Å². The van der Waals surface area contributed by atoms with Gasteiger partial charge in [0.05, 0.1) is 12.5 Å². The SMILES string of the molecule is Cc1ccc(C(=O)N[C@H](CC(F)(F)F)c2ccccc2)c(=O)[nH]1. The lowest BCUT2D eigenvalue weighted by molar-refractivity contribution is -0.139. The van der Waals surface area contributed by atoms with Crippen LogP contribution in [0, 0.1) is 6.92 Å². The monoisotopic (exact) mass is 324 g/mol. The summed E-state index contributed by atoms with van der Waals surface area (Å²) in [6, 6.07) is 9.38. The Morgan fingerprint density at radius 2 is 1.83 bits per heavy atom. The summed E-state index contributed by atoms with van der Waals surface area (Å²) in [5.74, 6) is -0.843. The summed E-state index contributed by atoms with van der Waals surface area (Å²) in [5, 5.41) is 2.29. The van der Waals surface area contributed by atoms with Crippen LogP contribution in [0.25, 0.3) is 0 Å². The van der Waals surface area contributed by atoms with Crippen LogP contribution in [0.5, 0.6) is 0 Å². The first-order valence-corrected chi connectivity index (χ1v) is 6.89. The molecule has 0 fully saturated rings. The van der Waals surface area contributed by atoms with Crippen LogP contribution in [0.4, 0.5) is 13.2 Å². The van der Waals surface area contributed by atoms with E-state index in [9.17, 15) is 22.8 Å². The second-order valence-electron chi connectivity index (χ2n) is 5.14. The molecule has 1 atom stereocenters. The molecular formula is C16H15F3N2O2. The van der Waals surface area contributed by atoms with Crippen molar-refractivity contribution in [1.82, 2.24) is 10.3 Å². The number of hydrogen-bond donors (Lipinski definition) is 2. The van der Waals surface area contributed by atoms with Gasteiger partial charge in [-0.2, -0.15) is 13.2 Å². The normalized spacial score (nSPS) is 12.7. The first-order valence-electron chi connectivity index (χ1n) is 6.89. The second kappa shape index (κ2) is 6.68. The first-order chi connectivity index (χ1) is 10.8. The Bertz CT molecular complexity index is 739. The molecule has 2 rings (SSSR count). The molecule has 0 aliphatic rings. The van der Waals surface area contributed by atoms with E-state index in [1.807, 2.05) is 0 Å². The fraction of sp³-hybridized carbons (Fsp3) is 0.250. The maximum atomic E-state index is 12.8. The van der Waals surface area contributed by atoms with Gasteiger partial charge in [0.15, 0.2) is 0 Å². The molecule has 23 heavy (non-hydrogen) atoms. The van der Waals surface area contributed by atoms with Crippen LogP contribution in [-0.2, 0) is 0 Å². The van der Waals surface area contributed by atoms with Crippen LogP contribution in [0.15, 0.2) is 47.3 Å². The molecule has 0 unspecified atom stereocenters. The number of carbonyl (C=O) groups excluding carboxylic acids is 1. The van der Waals surface area contributed by atoms with Crippen molar-refractivity contribution < 1.29 is 18.0 Å². The minimum atomic E-state index is -4.45. The Labute approximate surface area is 130 Å². The van der Waals surface area contributed by atoms with Crippen LogP contribution in [0.3, 0.4) is 0 Å². The van der Waals surface area contributed by atoms with Crippen LogP contribution >= 0.6 is 0 Å². The Hall–Kier alpha value is -2.57. The highest BCUT2D eigenvalue weighted by Crippen LogP contribution is 2.29. The highest BCUT2D eigenvalue weighted by Gasteiger charge is 2.33. The van der Waals surface area contributed by atoms with Crippen molar-refractivity contribution in [3.63, 3.8) is 0 Å². The third-order valence-corrected chi connectivity index (χ3v) is 3.24. The molecule has 1 aromatic carbocycles. The van der Waals surface area contributed by atoms with E-state index in [0.717, 1.165) is 0 Å². The quantitative estimate of drug-likeness (QED) is 0.908. The molecule has 0 aliphatic carbocycles. The fourth-order valence-electron chi connectivity index (χ4n) is 2.16. The third kappa shape index (κ3) is 4.70. The number of benzene rings is 1. The Morgan fingerprint density at radius 3 is 2.39 bits per heavy atom. The average molecular weight is 324 g/mol. The largest absolute Gasteiger partial charge is 0.391 e. The number of halogens is 3. The minimum absolute atomic E-state index is 0.223. The van der Waals surface area contributed by atoms with Gasteiger partial charge in [0.2, 0.25) is 0 Å². The summed E-state index contributed by atoms with van der Waals surface area (Å²) in [4.78, 5) is 26.3. The number of carbonyl (C=O) groups is 1. The summed E-state index contributed by atoms with van der Waals surface area (Å²) in [6.45, 7) is 1.64. The lowest BCUT2D eigenvalue weighted by Gasteiger charge is -2.20. The van der Waals surface area contributed by atoms with Crippen molar-refractivity contribution in [3.05, 3.63) is 69.6 Å². The molecule has 2 N–H and O–H groups in total. The average Bonchev–Trinajstić information content (AvgIpc) is 2.46. The molecule has 7 heteroatoms. The van der Waals surface area contributed by atoms with Gasteiger partial charge in [-0.1, -0.05) is 30.3 Å². The standard InChI is InChI=1S/C16H15F3N2O2/c1-10-7-8-12(14(22)20-10)15(23)21-13(9-16(17,18)19)11-5-3-2-4-6-11/h2-8,13H,9H2,1H3,(H,20,22)(H,21,23)/t13-/m1/s1. The van der Waals surface area contributed by atoms with Gasteiger partial charge in [0.25, 0.3) is 11.5 Å². The maximum absolute atomic E-state index is 12.8. The van der Waals surface area contributed by atoms with Gasteiger partial charge in [-0.25, -0.2) is 0 Å². The molecule has 122 valence electrons. The van der Waals surface area contributed by atoms with Crippen LogP contribution < -0.4 is 10.9 Å². The number of amides is 1. The molecule has 2 aromatic rings. The van der Waals surface area contributed by atoms with Gasteiger partial charge in [-0.05, 0) is 24.6 Å². The maximum Gasteiger partial charge on any atom is 0.391 e. The van der Waals surface area contributed by atoms with Crippen molar-refractivity contribution >= 4 is 5.91 Å². The first kappa shape index (κ1) is 16.8. The summed E-state index contributed by atoms with van der Waals surface area (Å²) >= 11 is 0. The van der Waals surface area contributed by atoms with Crippen molar-refractivity contribution in [2.45, 2.75) is 25.6 Å². The van der Waals surface area contributed by atoms with Gasteiger partial charge in [-0.3, -0.25) is 9.59 Å². The van der Waals surface area contributed by atoms with Crippen molar-refractivity contribution in [3.8, 4) is 0 Å². The molecule has 1 amide bonds. The number of alkyl halides is 3. The van der Waals surface area contributed by atoms with E-state index in [4.69, 9.17) is 0 Å². The van der Waals surface area contributed by atoms with Crippen LogP contribution in [-0.4, -0.2) is 17.1 Å². The Morgan fingerprint density at radius 1 is 1.17 bits per heavy atom. The van der Waals surface area contributed by atoms with E-state index in [1.54, 1.807) is 25.1 Å². The topological polar surface area (TPSA) is 62.0 Å². The minimum Gasteiger partial charge on any atom is -0.345 e. The van der Waals surface area contributed by atoms with Crippen LogP contribution in [0.1, 0.15) is 34.1 Å². The highest BCUT2D eigenvalue weighted by atomic mass is 19.4. The Kier molecular flexibility index (Phi) is 4.88. The van der Waals surface area contributed by atoms with E-state index in [-0.39, 0.29) is 5.56 Å². The number of hydrogen-bond acceptors (Lipinski definition) is 2. The number of aromatic amines is 1. The van der Waals surface area contributed by atoms with Gasteiger partial charge in [-0.15, -0.1) is 0 Å². The van der Waals surface area contributed by atoms with Gasteiger partial charge in [0, 0.05) is 5.69 Å². The second-order valence-corrected chi connectivity index (χ2v) is 5.14. The zero-order valence-electron chi connectivity index (χ0n) is 12.3. The van der Waals surface area contributed by atoms with Gasteiger partial charge < -0.3 is 10.3 Å². The smallest absolute Gasteiger partial charge is 0.345 e. The van der Waals surface area contributed by atoms with E-state index in [0.29, 0.717) is 11.3 Å². The lowest BCUT2D eigenvalue weighted by atomic mass is 10.0.